The Labute approximate surface area is 124 Å². The Balaban J connectivity index is 1.42. The van der Waals surface area contributed by atoms with E-state index in [-0.39, 0.29) is 12.0 Å². The molecule has 0 aromatic heterocycles. The van der Waals surface area contributed by atoms with Crippen LogP contribution in [0.1, 0.15) is 0 Å². The van der Waals surface area contributed by atoms with Crippen molar-refractivity contribution in [3.8, 4) is 11.5 Å². The second-order valence-corrected chi connectivity index (χ2v) is 5.34. The van der Waals surface area contributed by atoms with Gasteiger partial charge in [0, 0.05) is 0 Å². The van der Waals surface area contributed by atoms with Crippen LogP contribution in [-0.4, -0.2) is 58.0 Å². The molecule has 1 unspecified atom stereocenters. The van der Waals surface area contributed by atoms with E-state index in [2.05, 4.69) is 5.32 Å². The Morgan fingerprint density at radius 3 is 2.81 bits per heavy atom. The van der Waals surface area contributed by atoms with Crippen LogP contribution in [0.15, 0.2) is 24.3 Å². The van der Waals surface area contributed by atoms with Gasteiger partial charge in [-0.1, -0.05) is 12.1 Å². The summed E-state index contributed by atoms with van der Waals surface area (Å²) in [5.74, 6) is 1.55. The lowest BCUT2D eigenvalue weighted by atomic mass is 10.2. The molecule has 3 rings (SSSR count). The maximum Gasteiger partial charge on any atom is 0.275 e. The molecule has 2 N–H and O–H groups in total. The predicted molar refractivity (Wildman–Crippen MR) is 75.7 cm³/mol. The molecule has 114 valence electrons. The Kier molecular flexibility index (Phi) is 4.57. The third kappa shape index (κ3) is 3.86. The fourth-order valence-electron chi connectivity index (χ4n) is 2.52. The molecule has 0 spiro atoms. The Morgan fingerprint density at radius 2 is 2.00 bits per heavy atom. The number of hydrogen-bond acceptors (Lipinski definition) is 4. The molecule has 0 radical (unpaired) electrons. The van der Waals surface area contributed by atoms with E-state index in [9.17, 15) is 4.79 Å². The van der Waals surface area contributed by atoms with Crippen LogP contribution in [-0.2, 0) is 9.53 Å². The lowest BCUT2D eigenvalue weighted by molar-refractivity contribution is -0.900. The molecule has 6 heteroatoms. The Bertz CT molecular complexity index is 488. The number of hydrogen-bond donors (Lipinski definition) is 2. The van der Waals surface area contributed by atoms with E-state index in [0.29, 0.717) is 19.7 Å². The fraction of sp³-hybridized carbons (Fsp3) is 0.533. The first-order chi connectivity index (χ1) is 10.3. The van der Waals surface area contributed by atoms with Crippen molar-refractivity contribution in [1.82, 2.24) is 5.32 Å². The highest BCUT2D eigenvalue weighted by atomic mass is 16.6. The SMILES string of the molecule is O=C(C[NH+]1CCOCC1)NCC1COc2ccccc2O1. The van der Waals surface area contributed by atoms with E-state index in [4.69, 9.17) is 14.2 Å². The van der Waals surface area contributed by atoms with Crippen LogP contribution in [0.25, 0.3) is 0 Å². The number of ether oxygens (including phenoxy) is 3. The fourth-order valence-corrected chi connectivity index (χ4v) is 2.52. The second-order valence-electron chi connectivity index (χ2n) is 5.34. The van der Waals surface area contributed by atoms with E-state index in [1.165, 1.54) is 4.90 Å². The van der Waals surface area contributed by atoms with Crippen LogP contribution < -0.4 is 19.7 Å². The van der Waals surface area contributed by atoms with Gasteiger partial charge in [-0.15, -0.1) is 0 Å². The smallest absolute Gasteiger partial charge is 0.275 e. The van der Waals surface area contributed by atoms with Gasteiger partial charge in [-0.3, -0.25) is 4.79 Å². The first-order valence-corrected chi connectivity index (χ1v) is 7.38. The molecule has 2 aliphatic heterocycles. The van der Waals surface area contributed by atoms with Crippen LogP contribution >= 0.6 is 0 Å². The van der Waals surface area contributed by atoms with Crippen molar-refractivity contribution >= 4 is 5.91 Å². The molecule has 2 heterocycles. The molecule has 1 saturated heterocycles. The van der Waals surface area contributed by atoms with Gasteiger partial charge in [-0.2, -0.15) is 0 Å². The van der Waals surface area contributed by atoms with Crippen molar-refractivity contribution < 1.29 is 23.9 Å². The van der Waals surface area contributed by atoms with Gasteiger partial charge in [0.1, 0.15) is 25.8 Å². The lowest BCUT2D eigenvalue weighted by Crippen LogP contribution is -3.15. The number of fused-ring (bicyclic) bond motifs is 1. The number of carbonyl (C=O) groups excluding carboxylic acids is 1. The van der Waals surface area contributed by atoms with E-state index >= 15 is 0 Å². The lowest BCUT2D eigenvalue weighted by Gasteiger charge is -2.27. The summed E-state index contributed by atoms with van der Waals surface area (Å²) in [4.78, 5) is 13.2. The number of amides is 1. The summed E-state index contributed by atoms with van der Waals surface area (Å²) in [6.07, 6.45) is -0.136. The molecular weight excluding hydrogens is 272 g/mol. The minimum absolute atomic E-state index is 0.0503. The summed E-state index contributed by atoms with van der Waals surface area (Å²) in [6, 6.07) is 7.58. The number of morpholine rings is 1. The van der Waals surface area contributed by atoms with Crippen molar-refractivity contribution in [3.05, 3.63) is 24.3 Å². The third-order valence-corrected chi connectivity index (χ3v) is 3.70. The topological polar surface area (TPSA) is 61.2 Å². The molecule has 6 nitrogen and oxygen atoms in total. The van der Waals surface area contributed by atoms with Crippen LogP contribution in [0, 0.1) is 0 Å². The molecule has 2 aliphatic rings. The van der Waals surface area contributed by atoms with Gasteiger partial charge < -0.3 is 24.4 Å². The molecule has 1 fully saturated rings. The van der Waals surface area contributed by atoms with E-state index < -0.39 is 0 Å². The number of benzene rings is 1. The average Bonchev–Trinajstić information content (AvgIpc) is 2.54. The zero-order valence-corrected chi connectivity index (χ0v) is 12.0. The van der Waals surface area contributed by atoms with Gasteiger partial charge in [0.15, 0.2) is 18.0 Å². The van der Waals surface area contributed by atoms with E-state index in [1.807, 2.05) is 24.3 Å². The molecule has 1 aromatic carbocycles. The van der Waals surface area contributed by atoms with Crippen LogP contribution in [0.4, 0.5) is 0 Å². The maximum atomic E-state index is 11.9. The number of quaternary nitrogens is 1. The molecule has 1 aromatic rings. The minimum atomic E-state index is -0.136. The standard InChI is InChI=1S/C15H20N2O4/c18-15(10-17-5-7-19-8-6-17)16-9-12-11-20-13-3-1-2-4-14(13)21-12/h1-4,12H,5-11H2,(H,16,18)/p+1. The third-order valence-electron chi connectivity index (χ3n) is 3.70. The monoisotopic (exact) mass is 293 g/mol. The number of carbonyl (C=O) groups is 1. The first kappa shape index (κ1) is 14.2. The molecule has 0 aliphatic carbocycles. The van der Waals surface area contributed by atoms with Gasteiger partial charge in [-0.25, -0.2) is 0 Å². The zero-order valence-electron chi connectivity index (χ0n) is 12.0. The van der Waals surface area contributed by atoms with Crippen molar-refractivity contribution in [2.75, 3.05) is 46.0 Å². The van der Waals surface area contributed by atoms with Crippen molar-refractivity contribution in [1.29, 1.82) is 0 Å². The quantitative estimate of drug-likeness (QED) is 0.736. The van der Waals surface area contributed by atoms with Gasteiger partial charge in [0.05, 0.1) is 19.8 Å². The normalized spacial score (nSPS) is 21.8. The first-order valence-electron chi connectivity index (χ1n) is 7.38. The summed E-state index contributed by atoms with van der Waals surface area (Å²) in [7, 11) is 0. The van der Waals surface area contributed by atoms with Crippen molar-refractivity contribution in [3.63, 3.8) is 0 Å². The van der Waals surface area contributed by atoms with Gasteiger partial charge in [-0.05, 0) is 12.1 Å². The molecule has 1 amide bonds. The zero-order chi connectivity index (χ0) is 14.5. The van der Waals surface area contributed by atoms with Gasteiger partial charge in [0.25, 0.3) is 5.91 Å². The summed E-state index contributed by atoms with van der Waals surface area (Å²) in [5, 5.41) is 2.92. The molecule has 0 saturated carbocycles. The summed E-state index contributed by atoms with van der Waals surface area (Å²) in [5.41, 5.74) is 0. The molecule has 0 bridgehead atoms. The number of nitrogens with one attached hydrogen (secondary N) is 2. The van der Waals surface area contributed by atoms with Crippen molar-refractivity contribution in [2.24, 2.45) is 0 Å². The highest BCUT2D eigenvalue weighted by Gasteiger charge is 2.22. The Morgan fingerprint density at radius 1 is 1.24 bits per heavy atom. The highest BCUT2D eigenvalue weighted by molar-refractivity contribution is 5.76. The molecule has 21 heavy (non-hydrogen) atoms. The van der Waals surface area contributed by atoms with E-state index in [0.717, 1.165) is 37.8 Å². The summed E-state index contributed by atoms with van der Waals surface area (Å²) >= 11 is 0. The van der Waals surface area contributed by atoms with Crippen LogP contribution in [0.5, 0.6) is 11.5 Å². The number of para-hydroxylation sites is 2. The van der Waals surface area contributed by atoms with Gasteiger partial charge >= 0.3 is 0 Å². The Hall–Kier alpha value is -1.79. The predicted octanol–water partition coefficient (Wildman–Crippen LogP) is -1.14. The summed E-state index contributed by atoms with van der Waals surface area (Å²) in [6.45, 7) is 4.68. The van der Waals surface area contributed by atoms with Crippen molar-refractivity contribution in [2.45, 2.75) is 6.10 Å². The van der Waals surface area contributed by atoms with Crippen LogP contribution in [0.2, 0.25) is 0 Å². The maximum absolute atomic E-state index is 11.9. The molecular formula is C15H21N2O4+. The average molecular weight is 293 g/mol. The largest absolute Gasteiger partial charge is 0.486 e. The number of rotatable bonds is 4. The van der Waals surface area contributed by atoms with Gasteiger partial charge in [0.2, 0.25) is 0 Å². The molecule has 1 atom stereocenters. The minimum Gasteiger partial charge on any atom is -0.486 e. The second kappa shape index (κ2) is 6.78. The summed E-state index contributed by atoms with van der Waals surface area (Å²) < 4.78 is 16.7. The van der Waals surface area contributed by atoms with E-state index in [1.54, 1.807) is 0 Å². The van der Waals surface area contributed by atoms with Crippen LogP contribution in [0.3, 0.4) is 0 Å². The highest BCUT2D eigenvalue weighted by Crippen LogP contribution is 2.30.